The fourth-order valence-corrected chi connectivity index (χ4v) is 3.68. The van der Waals surface area contributed by atoms with E-state index in [1.807, 2.05) is 12.1 Å². The van der Waals surface area contributed by atoms with E-state index < -0.39 is 0 Å². The summed E-state index contributed by atoms with van der Waals surface area (Å²) in [6, 6.07) is 6.82. The molecule has 0 aromatic heterocycles. The standard InChI is InChI=1S/C17H26FN3/c18-15-4-6-16(7-5-15)21-12-10-20(11-13-21)14-17(19)8-2-1-3-9-17/h4-7H,1-3,8-14,19H2. The minimum absolute atomic E-state index is 0.0380. The van der Waals surface area contributed by atoms with Crippen LogP contribution in [0.3, 0.4) is 0 Å². The Labute approximate surface area is 126 Å². The number of rotatable bonds is 3. The fraction of sp³-hybridized carbons (Fsp3) is 0.647. The molecule has 1 aliphatic heterocycles. The molecule has 21 heavy (non-hydrogen) atoms. The van der Waals surface area contributed by atoms with Gasteiger partial charge in [0.05, 0.1) is 0 Å². The maximum Gasteiger partial charge on any atom is 0.123 e. The topological polar surface area (TPSA) is 32.5 Å². The predicted molar refractivity (Wildman–Crippen MR) is 85.1 cm³/mol. The first kappa shape index (κ1) is 14.8. The van der Waals surface area contributed by atoms with Crippen molar-refractivity contribution in [1.82, 2.24) is 4.90 Å². The van der Waals surface area contributed by atoms with Gasteiger partial charge in [-0.25, -0.2) is 4.39 Å². The number of anilines is 1. The number of nitrogens with zero attached hydrogens (tertiary/aromatic N) is 2. The summed E-state index contributed by atoms with van der Waals surface area (Å²) in [5.41, 5.74) is 7.71. The molecule has 116 valence electrons. The van der Waals surface area contributed by atoms with Crippen LogP contribution in [0.15, 0.2) is 24.3 Å². The van der Waals surface area contributed by atoms with Crippen LogP contribution >= 0.6 is 0 Å². The minimum atomic E-state index is -0.167. The van der Waals surface area contributed by atoms with Crippen molar-refractivity contribution < 1.29 is 4.39 Å². The smallest absolute Gasteiger partial charge is 0.123 e. The van der Waals surface area contributed by atoms with Crippen LogP contribution in [0.25, 0.3) is 0 Å². The van der Waals surface area contributed by atoms with Crippen LogP contribution < -0.4 is 10.6 Å². The van der Waals surface area contributed by atoms with Crippen molar-refractivity contribution >= 4 is 5.69 Å². The van der Waals surface area contributed by atoms with E-state index in [4.69, 9.17) is 5.73 Å². The largest absolute Gasteiger partial charge is 0.369 e. The summed E-state index contributed by atoms with van der Waals surface area (Å²) in [7, 11) is 0. The molecule has 2 N–H and O–H groups in total. The Bertz CT molecular complexity index is 446. The normalized spacial score (nSPS) is 23.2. The quantitative estimate of drug-likeness (QED) is 0.929. The van der Waals surface area contributed by atoms with E-state index in [0.717, 1.165) is 38.4 Å². The molecule has 2 fully saturated rings. The lowest BCUT2D eigenvalue weighted by molar-refractivity contribution is 0.165. The monoisotopic (exact) mass is 291 g/mol. The summed E-state index contributed by atoms with van der Waals surface area (Å²) in [5, 5.41) is 0. The number of halogens is 1. The van der Waals surface area contributed by atoms with Gasteiger partial charge in [-0.15, -0.1) is 0 Å². The average molecular weight is 291 g/mol. The van der Waals surface area contributed by atoms with Crippen LogP contribution in [0.2, 0.25) is 0 Å². The Balaban J connectivity index is 1.51. The molecule has 1 aromatic carbocycles. The van der Waals surface area contributed by atoms with Gasteiger partial charge in [0.25, 0.3) is 0 Å². The Morgan fingerprint density at radius 2 is 1.57 bits per heavy atom. The van der Waals surface area contributed by atoms with Crippen LogP contribution in [0.4, 0.5) is 10.1 Å². The van der Waals surface area contributed by atoms with E-state index in [1.54, 1.807) is 12.1 Å². The molecule has 2 aliphatic rings. The van der Waals surface area contributed by atoms with Gasteiger partial charge in [0.1, 0.15) is 5.82 Å². The molecule has 0 amide bonds. The van der Waals surface area contributed by atoms with E-state index in [9.17, 15) is 4.39 Å². The van der Waals surface area contributed by atoms with Crippen molar-refractivity contribution in [2.24, 2.45) is 5.73 Å². The van der Waals surface area contributed by atoms with Crippen LogP contribution in [0, 0.1) is 5.82 Å². The van der Waals surface area contributed by atoms with E-state index in [1.165, 1.54) is 32.1 Å². The van der Waals surface area contributed by atoms with E-state index in [2.05, 4.69) is 9.80 Å². The van der Waals surface area contributed by atoms with Crippen LogP contribution in [0.5, 0.6) is 0 Å². The molecule has 1 aliphatic carbocycles. The zero-order valence-corrected chi connectivity index (χ0v) is 12.7. The molecule has 1 saturated carbocycles. The van der Waals surface area contributed by atoms with Crippen molar-refractivity contribution in [3.05, 3.63) is 30.1 Å². The third kappa shape index (κ3) is 3.74. The van der Waals surface area contributed by atoms with Crippen LogP contribution in [-0.4, -0.2) is 43.2 Å². The number of hydrogen-bond acceptors (Lipinski definition) is 3. The molecule has 4 heteroatoms. The van der Waals surface area contributed by atoms with E-state index in [0.29, 0.717) is 0 Å². The third-order valence-corrected chi connectivity index (χ3v) is 4.95. The Kier molecular flexibility index (Phi) is 4.45. The van der Waals surface area contributed by atoms with Gasteiger partial charge >= 0.3 is 0 Å². The summed E-state index contributed by atoms with van der Waals surface area (Å²) in [6.07, 6.45) is 6.26. The van der Waals surface area contributed by atoms with Gasteiger partial charge in [0, 0.05) is 44.0 Å². The highest BCUT2D eigenvalue weighted by Crippen LogP contribution is 2.27. The molecular weight excluding hydrogens is 265 g/mol. The maximum atomic E-state index is 13.0. The molecule has 1 saturated heterocycles. The van der Waals surface area contributed by atoms with Gasteiger partial charge in [0.15, 0.2) is 0 Å². The first-order valence-electron chi connectivity index (χ1n) is 8.16. The average Bonchev–Trinajstić information content (AvgIpc) is 2.49. The van der Waals surface area contributed by atoms with Crippen molar-refractivity contribution in [2.45, 2.75) is 37.6 Å². The number of nitrogens with two attached hydrogens (primary N) is 1. The van der Waals surface area contributed by atoms with E-state index in [-0.39, 0.29) is 11.4 Å². The second-order valence-electron chi connectivity index (χ2n) is 6.66. The summed E-state index contributed by atoms with van der Waals surface area (Å²) in [4.78, 5) is 4.84. The van der Waals surface area contributed by atoms with Gasteiger partial charge in [0.2, 0.25) is 0 Å². The highest BCUT2D eigenvalue weighted by Gasteiger charge is 2.30. The molecule has 0 bridgehead atoms. The van der Waals surface area contributed by atoms with Crippen LogP contribution in [-0.2, 0) is 0 Å². The third-order valence-electron chi connectivity index (χ3n) is 4.95. The molecular formula is C17H26FN3. The molecule has 3 rings (SSSR count). The Morgan fingerprint density at radius 1 is 0.952 bits per heavy atom. The number of hydrogen-bond donors (Lipinski definition) is 1. The SMILES string of the molecule is NC1(CN2CCN(c3ccc(F)cc3)CC2)CCCCC1. The summed E-state index contributed by atoms with van der Waals surface area (Å²) < 4.78 is 13.0. The number of benzene rings is 1. The Morgan fingerprint density at radius 3 is 2.19 bits per heavy atom. The zero-order chi connectivity index (χ0) is 14.7. The lowest BCUT2D eigenvalue weighted by atomic mass is 9.82. The van der Waals surface area contributed by atoms with Gasteiger partial charge in [-0.1, -0.05) is 19.3 Å². The predicted octanol–water partition coefficient (Wildman–Crippen LogP) is 2.61. The second-order valence-corrected chi connectivity index (χ2v) is 6.66. The summed E-state index contributed by atoms with van der Waals surface area (Å²) in [6.45, 7) is 5.14. The molecule has 1 heterocycles. The molecule has 0 unspecified atom stereocenters. The van der Waals surface area contributed by atoms with Gasteiger partial charge < -0.3 is 10.6 Å². The molecule has 0 atom stereocenters. The highest BCUT2D eigenvalue weighted by molar-refractivity contribution is 5.46. The highest BCUT2D eigenvalue weighted by atomic mass is 19.1. The minimum Gasteiger partial charge on any atom is -0.369 e. The lowest BCUT2D eigenvalue weighted by Gasteiger charge is -2.42. The number of piperazine rings is 1. The molecule has 0 radical (unpaired) electrons. The molecule has 0 spiro atoms. The fourth-order valence-electron chi connectivity index (χ4n) is 3.68. The van der Waals surface area contributed by atoms with Gasteiger partial charge in [-0.2, -0.15) is 0 Å². The first-order chi connectivity index (χ1) is 10.1. The van der Waals surface area contributed by atoms with Gasteiger partial charge in [-0.05, 0) is 37.1 Å². The Hall–Kier alpha value is -1.13. The van der Waals surface area contributed by atoms with Crippen molar-refractivity contribution in [2.75, 3.05) is 37.6 Å². The van der Waals surface area contributed by atoms with Crippen LogP contribution in [0.1, 0.15) is 32.1 Å². The van der Waals surface area contributed by atoms with Crippen molar-refractivity contribution in [3.63, 3.8) is 0 Å². The van der Waals surface area contributed by atoms with E-state index >= 15 is 0 Å². The molecule has 3 nitrogen and oxygen atoms in total. The first-order valence-corrected chi connectivity index (χ1v) is 8.16. The van der Waals surface area contributed by atoms with Gasteiger partial charge in [-0.3, -0.25) is 4.90 Å². The summed E-state index contributed by atoms with van der Waals surface area (Å²) in [5.74, 6) is -0.167. The lowest BCUT2D eigenvalue weighted by Crippen LogP contribution is -2.56. The zero-order valence-electron chi connectivity index (χ0n) is 12.7. The maximum absolute atomic E-state index is 13.0. The second kappa shape index (κ2) is 6.32. The summed E-state index contributed by atoms with van der Waals surface area (Å²) >= 11 is 0. The molecule has 1 aromatic rings. The van der Waals surface area contributed by atoms with Crippen molar-refractivity contribution in [3.8, 4) is 0 Å². The van der Waals surface area contributed by atoms with Crippen molar-refractivity contribution in [1.29, 1.82) is 0 Å².